The van der Waals surface area contributed by atoms with E-state index in [-0.39, 0.29) is 5.91 Å². The number of amides is 1. The molecule has 2 N–H and O–H groups in total. The number of nitrogens with one attached hydrogen (secondary N) is 2. The molecule has 0 bridgehead atoms. The summed E-state index contributed by atoms with van der Waals surface area (Å²) in [6.45, 7) is 3.56. The van der Waals surface area contributed by atoms with Gasteiger partial charge in [0.05, 0.1) is 41.9 Å². The molecule has 0 radical (unpaired) electrons. The number of aromatic nitrogens is 2. The second-order valence-corrected chi connectivity index (χ2v) is 5.99. The van der Waals surface area contributed by atoms with Crippen LogP contribution >= 0.6 is 0 Å². The van der Waals surface area contributed by atoms with Gasteiger partial charge in [-0.15, -0.1) is 0 Å². The molecule has 7 heteroatoms. The van der Waals surface area contributed by atoms with E-state index in [1.54, 1.807) is 32.0 Å². The van der Waals surface area contributed by atoms with Gasteiger partial charge in [0.1, 0.15) is 5.69 Å². The number of benzene rings is 1. The average molecular weight is 344 g/mol. The molecule has 1 amide bonds. The van der Waals surface area contributed by atoms with Gasteiger partial charge in [-0.1, -0.05) is 12.1 Å². The summed E-state index contributed by atoms with van der Waals surface area (Å²) in [5.74, 6) is -1.25. The SMILES string of the molecule is CC1=NC(C)=C(C#N)C(c2cccc(NC(=O)c3cnc[nH]3)c2)C1C#N. The lowest BCUT2D eigenvalue weighted by Crippen LogP contribution is -2.25. The van der Waals surface area contributed by atoms with Crippen molar-refractivity contribution in [3.05, 3.63) is 59.3 Å². The summed E-state index contributed by atoms with van der Waals surface area (Å²) >= 11 is 0. The zero-order chi connectivity index (χ0) is 18.7. The third-order valence-corrected chi connectivity index (χ3v) is 4.33. The van der Waals surface area contributed by atoms with Gasteiger partial charge in [0.2, 0.25) is 0 Å². The molecular weight excluding hydrogens is 328 g/mol. The van der Waals surface area contributed by atoms with Gasteiger partial charge in [-0.25, -0.2) is 4.98 Å². The fourth-order valence-corrected chi connectivity index (χ4v) is 3.09. The maximum absolute atomic E-state index is 12.2. The number of carbonyl (C=O) groups excluding carboxylic acids is 1. The number of nitriles is 2. The molecule has 26 heavy (non-hydrogen) atoms. The van der Waals surface area contributed by atoms with E-state index in [9.17, 15) is 15.3 Å². The van der Waals surface area contributed by atoms with Gasteiger partial charge >= 0.3 is 0 Å². The van der Waals surface area contributed by atoms with Crippen molar-refractivity contribution in [2.75, 3.05) is 5.32 Å². The molecule has 0 saturated carbocycles. The summed E-state index contributed by atoms with van der Waals surface area (Å²) in [6, 6.07) is 11.6. The highest BCUT2D eigenvalue weighted by molar-refractivity contribution is 6.02. The Labute approximate surface area is 150 Å². The molecular formula is C19H16N6O. The van der Waals surface area contributed by atoms with Crippen LogP contribution < -0.4 is 5.32 Å². The third kappa shape index (κ3) is 3.11. The van der Waals surface area contributed by atoms with Crippen molar-refractivity contribution in [1.82, 2.24) is 9.97 Å². The molecule has 0 aliphatic carbocycles. The molecule has 1 aromatic heterocycles. The minimum absolute atomic E-state index is 0.315. The quantitative estimate of drug-likeness (QED) is 0.889. The van der Waals surface area contributed by atoms with E-state index in [0.717, 1.165) is 5.56 Å². The molecule has 2 atom stereocenters. The zero-order valence-corrected chi connectivity index (χ0v) is 14.3. The Hall–Kier alpha value is -3.71. The molecule has 128 valence electrons. The van der Waals surface area contributed by atoms with E-state index in [4.69, 9.17) is 0 Å². The highest BCUT2D eigenvalue weighted by Gasteiger charge is 2.33. The Morgan fingerprint density at radius 2 is 2.12 bits per heavy atom. The van der Waals surface area contributed by atoms with Gasteiger partial charge in [0, 0.05) is 17.3 Å². The van der Waals surface area contributed by atoms with Crippen molar-refractivity contribution in [1.29, 1.82) is 10.5 Å². The third-order valence-electron chi connectivity index (χ3n) is 4.33. The zero-order valence-electron chi connectivity index (χ0n) is 14.3. The van der Waals surface area contributed by atoms with Crippen molar-refractivity contribution in [3.8, 4) is 12.1 Å². The normalized spacial score (nSPS) is 19.3. The number of aliphatic imine (C=N–C) groups is 1. The van der Waals surface area contributed by atoms with Gasteiger partial charge in [-0.2, -0.15) is 10.5 Å². The number of imidazole rings is 1. The molecule has 0 saturated heterocycles. The molecule has 2 aromatic rings. The molecule has 3 rings (SSSR count). The molecule has 1 aliphatic heterocycles. The van der Waals surface area contributed by atoms with Crippen LogP contribution in [-0.4, -0.2) is 21.6 Å². The Morgan fingerprint density at radius 3 is 2.77 bits per heavy atom. The smallest absolute Gasteiger partial charge is 0.273 e. The summed E-state index contributed by atoms with van der Waals surface area (Å²) in [4.78, 5) is 23.1. The maximum atomic E-state index is 12.2. The summed E-state index contributed by atoms with van der Waals surface area (Å²) in [5.41, 5.74) is 3.48. The summed E-state index contributed by atoms with van der Waals surface area (Å²) in [6.07, 6.45) is 2.87. The monoisotopic (exact) mass is 344 g/mol. The first-order valence-electron chi connectivity index (χ1n) is 8.00. The van der Waals surface area contributed by atoms with Crippen LogP contribution in [-0.2, 0) is 0 Å². The first kappa shape index (κ1) is 17.1. The summed E-state index contributed by atoms with van der Waals surface area (Å²) < 4.78 is 0. The van der Waals surface area contributed by atoms with Crippen LogP contribution in [0.2, 0.25) is 0 Å². The number of aromatic amines is 1. The van der Waals surface area contributed by atoms with E-state index in [0.29, 0.717) is 28.4 Å². The molecule has 0 spiro atoms. The molecule has 7 nitrogen and oxygen atoms in total. The molecule has 1 aliphatic rings. The number of rotatable bonds is 3. The fourth-order valence-electron chi connectivity index (χ4n) is 3.09. The van der Waals surface area contributed by atoms with E-state index in [1.165, 1.54) is 12.5 Å². The van der Waals surface area contributed by atoms with Crippen LogP contribution in [0.5, 0.6) is 0 Å². The van der Waals surface area contributed by atoms with Crippen LogP contribution in [0.1, 0.15) is 35.8 Å². The fraction of sp³-hybridized carbons (Fsp3) is 0.211. The van der Waals surface area contributed by atoms with E-state index in [2.05, 4.69) is 32.4 Å². The lowest BCUT2D eigenvalue weighted by Gasteiger charge is -2.27. The van der Waals surface area contributed by atoms with Crippen molar-refractivity contribution < 1.29 is 4.79 Å². The predicted octanol–water partition coefficient (Wildman–Crippen LogP) is 3.16. The molecule has 1 aromatic carbocycles. The van der Waals surface area contributed by atoms with Crippen molar-refractivity contribution in [2.24, 2.45) is 10.9 Å². The average Bonchev–Trinajstić information content (AvgIpc) is 3.16. The van der Waals surface area contributed by atoms with Crippen LogP contribution in [0.15, 0.2) is 53.1 Å². The number of anilines is 1. The Balaban J connectivity index is 1.96. The van der Waals surface area contributed by atoms with Crippen molar-refractivity contribution >= 4 is 17.3 Å². The largest absolute Gasteiger partial charge is 0.341 e. The predicted molar refractivity (Wildman–Crippen MR) is 96.2 cm³/mol. The number of allylic oxidation sites excluding steroid dienone is 2. The first-order valence-corrected chi connectivity index (χ1v) is 8.00. The van der Waals surface area contributed by atoms with Crippen molar-refractivity contribution in [2.45, 2.75) is 19.8 Å². The van der Waals surface area contributed by atoms with Crippen LogP contribution in [0, 0.1) is 28.6 Å². The lowest BCUT2D eigenvalue weighted by atomic mass is 9.77. The van der Waals surface area contributed by atoms with Crippen LogP contribution in [0.25, 0.3) is 0 Å². The van der Waals surface area contributed by atoms with Gasteiger partial charge in [0.25, 0.3) is 5.91 Å². The number of hydrogen-bond acceptors (Lipinski definition) is 5. The second kappa shape index (κ2) is 7.04. The Bertz CT molecular complexity index is 988. The topological polar surface area (TPSA) is 118 Å². The number of nitrogens with zero attached hydrogens (tertiary/aromatic N) is 4. The molecule has 0 fully saturated rings. The summed E-state index contributed by atoms with van der Waals surface area (Å²) in [5, 5.41) is 21.9. The number of H-pyrrole nitrogens is 1. The first-order chi connectivity index (χ1) is 12.5. The van der Waals surface area contributed by atoms with Gasteiger partial charge in [0.15, 0.2) is 0 Å². The second-order valence-electron chi connectivity index (χ2n) is 5.99. The highest BCUT2D eigenvalue weighted by atomic mass is 16.1. The van der Waals surface area contributed by atoms with Crippen LogP contribution in [0.3, 0.4) is 0 Å². The minimum atomic E-state index is -0.521. The number of hydrogen-bond donors (Lipinski definition) is 2. The maximum Gasteiger partial charge on any atom is 0.273 e. The van der Waals surface area contributed by atoms with E-state index in [1.807, 2.05) is 6.07 Å². The highest BCUT2D eigenvalue weighted by Crippen LogP contribution is 2.38. The van der Waals surface area contributed by atoms with E-state index >= 15 is 0 Å². The van der Waals surface area contributed by atoms with Crippen molar-refractivity contribution in [3.63, 3.8) is 0 Å². The van der Waals surface area contributed by atoms with Crippen LogP contribution in [0.4, 0.5) is 5.69 Å². The minimum Gasteiger partial charge on any atom is -0.341 e. The van der Waals surface area contributed by atoms with Gasteiger partial charge in [-0.3, -0.25) is 9.79 Å². The standard InChI is InChI=1S/C19H16N6O/c1-11-15(7-20)18(16(8-21)12(2)24-11)13-4-3-5-14(6-13)25-19(26)17-9-22-10-23-17/h3-6,9-10,15,18H,1-2H3,(H,22,23)(H,25,26). The lowest BCUT2D eigenvalue weighted by molar-refractivity contribution is 0.102. The van der Waals surface area contributed by atoms with Gasteiger partial charge in [-0.05, 0) is 31.5 Å². The molecule has 2 heterocycles. The number of carbonyl (C=O) groups is 1. The van der Waals surface area contributed by atoms with Gasteiger partial charge < -0.3 is 10.3 Å². The van der Waals surface area contributed by atoms with E-state index < -0.39 is 11.8 Å². The Morgan fingerprint density at radius 1 is 1.31 bits per heavy atom. The summed E-state index contributed by atoms with van der Waals surface area (Å²) in [7, 11) is 0. The Kier molecular flexibility index (Phi) is 4.64. The molecule has 2 unspecified atom stereocenters.